The molecule has 1 aromatic carbocycles. The molecule has 2 fully saturated rings. The van der Waals surface area contributed by atoms with E-state index in [-0.39, 0.29) is 0 Å². The highest BCUT2D eigenvalue weighted by Gasteiger charge is 2.33. The molecule has 3 rings (SSSR count). The Hall–Kier alpha value is -0.990. The van der Waals surface area contributed by atoms with E-state index >= 15 is 0 Å². The Labute approximate surface area is 132 Å². The smallest absolute Gasteiger partial charge is 0.282 e. The fourth-order valence-corrected chi connectivity index (χ4v) is 4.46. The average molecular weight is 325 g/mol. The largest absolute Gasteiger partial charge is 0.379 e. The van der Waals surface area contributed by atoms with Crippen LogP contribution in [0.25, 0.3) is 0 Å². The summed E-state index contributed by atoms with van der Waals surface area (Å²) in [6, 6.07) is 10.3. The summed E-state index contributed by atoms with van der Waals surface area (Å²) in [5.41, 5.74) is 1.27. The minimum atomic E-state index is -3.32. The van der Waals surface area contributed by atoms with Crippen molar-refractivity contribution in [1.82, 2.24) is 13.5 Å². The Balaban J connectivity index is 1.54. The first kappa shape index (κ1) is 15.9. The minimum Gasteiger partial charge on any atom is -0.379 e. The summed E-state index contributed by atoms with van der Waals surface area (Å²) >= 11 is 0. The van der Waals surface area contributed by atoms with Crippen molar-refractivity contribution in [2.45, 2.75) is 6.54 Å². The van der Waals surface area contributed by atoms with Crippen LogP contribution in [-0.4, -0.2) is 74.4 Å². The molecule has 0 radical (unpaired) electrons. The molecule has 2 heterocycles. The van der Waals surface area contributed by atoms with Crippen LogP contribution in [0.3, 0.4) is 0 Å². The molecule has 2 saturated heterocycles. The molecule has 2 aliphatic heterocycles. The van der Waals surface area contributed by atoms with Gasteiger partial charge in [0.05, 0.1) is 13.2 Å². The SMILES string of the molecule is O=S(=O)(N1CCOCC1)N1CCN(Cc2ccccc2)CC1. The van der Waals surface area contributed by atoms with Crippen LogP contribution in [0.15, 0.2) is 30.3 Å². The highest BCUT2D eigenvalue weighted by molar-refractivity contribution is 7.86. The van der Waals surface area contributed by atoms with Crippen molar-refractivity contribution in [2.75, 3.05) is 52.5 Å². The maximum atomic E-state index is 12.6. The Morgan fingerprint density at radius 2 is 1.45 bits per heavy atom. The van der Waals surface area contributed by atoms with Gasteiger partial charge in [-0.2, -0.15) is 17.0 Å². The maximum absolute atomic E-state index is 12.6. The second-order valence-corrected chi connectivity index (χ2v) is 7.61. The van der Waals surface area contributed by atoms with Crippen LogP contribution in [0.2, 0.25) is 0 Å². The Kier molecular flexibility index (Phi) is 5.10. The van der Waals surface area contributed by atoms with Gasteiger partial charge in [0.2, 0.25) is 0 Å². The number of hydrogen-bond donors (Lipinski definition) is 0. The lowest BCUT2D eigenvalue weighted by Crippen LogP contribution is -2.54. The topological polar surface area (TPSA) is 53.1 Å². The molecular formula is C15H23N3O3S. The monoisotopic (exact) mass is 325 g/mol. The molecule has 122 valence electrons. The third kappa shape index (κ3) is 3.67. The standard InChI is InChI=1S/C15H23N3O3S/c19-22(20,18-10-12-21-13-11-18)17-8-6-16(7-9-17)14-15-4-2-1-3-5-15/h1-5H,6-14H2. The van der Waals surface area contributed by atoms with E-state index in [4.69, 9.17) is 4.74 Å². The van der Waals surface area contributed by atoms with Crippen LogP contribution in [-0.2, 0) is 21.5 Å². The van der Waals surface area contributed by atoms with Gasteiger partial charge in [-0.1, -0.05) is 30.3 Å². The van der Waals surface area contributed by atoms with Crippen LogP contribution in [0.4, 0.5) is 0 Å². The fraction of sp³-hybridized carbons (Fsp3) is 0.600. The lowest BCUT2D eigenvalue weighted by Gasteiger charge is -2.37. The molecule has 6 nitrogen and oxygen atoms in total. The number of nitrogens with zero attached hydrogens (tertiary/aromatic N) is 3. The molecule has 0 aromatic heterocycles. The summed E-state index contributed by atoms with van der Waals surface area (Å²) in [6.45, 7) is 5.47. The highest BCUT2D eigenvalue weighted by Crippen LogP contribution is 2.15. The van der Waals surface area contributed by atoms with E-state index in [0.29, 0.717) is 39.4 Å². The molecule has 7 heteroatoms. The molecule has 0 atom stereocenters. The third-order valence-corrected chi connectivity index (χ3v) is 6.24. The number of rotatable bonds is 4. The maximum Gasteiger partial charge on any atom is 0.282 e. The van der Waals surface area contributed by atoms with Crippen LogP contribution in [0, 0.1) is 0 Å². The Bertz CT molecular complexity index is 565. The Morgan fingerprint density at radius 1 is 0.864 bits per heavy atom. The predicted molar refractivity (Wildman–Crippen MR) is 84.6 cm³/mol. The van der Waals surface area contributed by atoms with Crippen molar-refractivity contribution in [3.05, 3.63) is 35.9 Å². The quantitative estimate of drug-likeness (QED) is 0.803. The molecule has 0 spiro atoms. The van der Waals surface area contributed by atoms with Gasteiger partial charge in [-0.25, -0.2) is 0 Å². The molecule has 0 bridgehead atoms. The summed E-state index contributed by atoms with van der Waals surface area (Å²) in [5.74, 6) is 0. The average Bonchev–Trinajstić information content (AvgIpc) is 2.57. The molecule has 0 saturated carbocycles. The van der Waals surface area contributed by atoms with Gasteiger partial charge in [-0.3, -0.25) is 4.90 Å². The fourth-order valence-electron chi connectivity index (χ4n) is 2.90. The normalized spacial score (nSPS) is 22.7. The van der Waals surface area contributed by atoms with E-state index in [1.54, 1.807) is 8.61 Å². The molecule has 0 amide bonds. The first-order valence-corrected chi connectivity index (χ1v) is 9.15. The molecule has 0 unspecified atom stereocenters. The summed E-state index contributed by atoms with van der Waals surface area (Å²) in [5, 5.41) is 0. The molecule has 2 aliphatic rings. The lowest BCUT2D eigenvalue weighted by atomic mass is 10.2. The molecular weight excluding hydrogens is 302 g/mol. The first-order chi connectivity index (χ1) is 10.7. The van der Waals surface area contributed by atoms with Gasteiger partial charge >= 0.3 is 0 Å². The highest BCUT2D eigenvalue weighted by atomic mass is 32.2. The number of benzene rings is 1. The molecule has 22 heavy (non-hydrogen) atoms. The van der Waals surface area contributed by atoms with Crippen LogP contribution >= 0.6 is 0 Å². The summed E-state index contributed by atoms with van der Waals surface area (Å²) in [4.78, 5) is 2.31. The number of hydrogen-bond acceptors (Lipinski definition) is 4. The second kappa shape index (κ2) is 7.06. The van der Waals surface area contributed by atoms with Gasteiger partial charge in [-0.15, -0.1) is 0 Å². The van der Waals surface area contributed by atoms with E-state index in [1.165, 1.54) is 5.56 Å². The number of ether oxygens (including phenoxy) is 1. The molecule has 0 N–H and O–H groups in total. The van der Waals surface area contributed by atoms with Crippen molar-refractivity contribution >= 4 is 10.2 Å². The van der Waals surface area contributed by atoms with E-state index in [1.807, 2.05) is 18.2 Å². The van der Waals surface area contributed by atoms with Gasteiger partial charge < -0.3 is 4.74 Å². The van der Waals surface area contributed by atoms with Gasteiger partial charge in [-0.05, 0) is 5.56 Å². The number of piperazine rings is 1. The van der Waals surface area contributed by atoms with Crippen LogP contribution in [0.5, 0.6) is 0 Å². The van der Waals surface area contributed by atoms with Gasteiger partial charge in [0.25, 0.3) is 10.2 Å². The minimum absolute atomic E-state index is 0.465. The van der Waals surface area contributed by atoms with Crippen molar-refractivity contribution < 1.29 is 13.2 Å². The van der Waals surface area contributed by atoms with E-state index < -0.39 is 10.2 Å². The number of morpholine rings is 1. The van der Waals surface area contributed by atoms with Crippen molar-refractivity contribution in [1.29, 1.82) is 0 Å². The van der Waals surface area contributed by atoms with E-state index in [2.05, 4.69) is 17.0 Å². The first-order valence-electron chi connectivity index (χ1n) is 7.75. The van der Waals surface area contributed by atoms with Gasteiger partial charge in [0, 0.05) is 45.8 Å². The summed E-state index contributed by atoms with van der Waals surface area (Å²) in [7, 11) is -3.32. The van der Waals surface area contributed by atoms with Crippen LogP contribution < -0.4 is 0 Å². The van der Waals surface area contributed by atoms with Crippen LogP contribution in [0.1, 0.15) is 5.56 Å². The van der Waals surface area contributed by atoms with Crippen molar-refractivity contribution in [2.24, 2.45) is 0 Å². The van der Waals surface area contributed by atoms with Gasteiger partial charge in [0.1, 0.15) is 0 Å². The second-order valence-electron chi connectivity index (χ2n) is 5.68. The van der Waals surface area contributed by atoms with E-state index in [9.17, 15) is 8.42 Å². The van der Waals surface area contributed by atoms with Crippen molar-refractivity contribution in [3.8, 4) is 0 Å². The zero-order valence-corrected chi connectivity index (χ0v) is 13.5. The van der Waals surface area contributed by atoms with Gasteiger partial charge in [0.15, 0.2) is 0 Å². The Morgan fingerprint density at radius 3 is 2.09 bits per heavy atom. The summed E-state index contributed by atoms with van der Waals surface area (Å²) < 4.78 is 33.6. The zero-order valence-electron chi connectivity index (χ0n) is 12.7. The lowest BCUT2D eigenvalue weighted by molar-refractivity contribution is 0.0684. The van der Waals surface area contributed by atoms with E-state index in [0.717, 1.165) is 19.6 Å². The molecule has 1 aromatic rings. The third-order valence-electron chi connectivity index (χ3n) is 4.20. The summed E-state index contributed by atoms with van der Waals surface area (Å²) in [6.07, 6.45) is 0. The molecule has 0 aliphatic carbocycles. The zero-order chi connectivity index (χ0) is 15.4. The van der Waals surface area contributed by atoms with Crippen molar-refractivity contribution in [3.63, 3.8) is 0 Å². The predicted octanol–water partition coefficient (Wildman–Crippen LogP) is 0.381.